The van der Waals surface area contributed by atoms with Gasteiger partial charge in [0.1, 0.15) is 0 Å². The second-order valence-corrected chi connectivity index (χ2v) is 7.19. The zero-order valence-electron chi connectivity index (χ0n) is 15.3. The normalized spacial score (nSPS) is 11.1. The summed E-state index contributed by atoms with van der Waals surface area (Å²) in [7, 11) is 1.13. The number of anilines is 1. The summed E-state index contributed by atoms with van der Waals surface area (Å²) >= 11 is 0. The minimum atomic E-state index is -3.33. The highest BCUT2D eigenvalue weighted by Gasteiger charge is 2.19. The summed E-state index contributed by atoms with van der Waals surface area (Å²) in [5.41, 5.74) is 0.525. The maximum absolute atomic E-state index is 12.0. The molecule has 1 amide bonds. The Morgan fingerprint density at radius 3 is 2.08 bits per heavy atom. The molecule has 0 aliphatic heterocycles. The van der Waals surface area contributed by atoms with E-state index in [0.29, 0.717) is 29.4 Å². The van der Waals surface area contributed by atoms with Gasteiger partial charge in [-0.05, 0) is 6.42 Å². The van der Waals surface area contributed by atoms with Crippen LogP contribution in [-0.4, -0.2) is 54.5 Å². The summed E-state index contributed by atoms with van der Waals surface area (Å²) in [6.45, 7) is 3.48. The Bertz CT molecular complexity index is 665. The molecule has 9 heteroatoms. The van der Waals surface area contributed by atoms with Crippen LogP contribution in [0, 0.1) is 0 Å². The van der Waals surface area contributed by atoms with Gasteiger partial charge >= 0.3 is 0 Å². The first-order valence-corrected chi connectivity index (χ1v) is 9.50. The van der Waals surface area contributed by atoms with Crippen molar-refractivity contribution in [3.63, 3.8) is 0 Å². The van der Waals surface area contributed by atoms with E-state index in [1.807, 2.05) is 0 Å². The molecule has 8 nitrogen and oxygen atoms in total. The molecule has 0 saturated carbocycles. The molecule has 1 rings (SSSR count). The number of sulfonamides is 1. The molecule has 0 atom stereocenters. The smallest absolute Gasteiger partial charge is 0.223 e. The predicted molar refractivity (Wildman–Crippen MR) is 96.2 cm³/mol. The van der Waals surface area contributed by atoms with Gasteiger partial charge in [0.05, 0.1) is 32.8 Å². The third-order valence-corrected chi connectivity index (χ3v) is 5.06. The van der Waals surface area contributed by atoms with Gasteiger partial charge in [-0.3, -0.25) is 4.79 Å². The third-order valence-electron chi connectivity index (χ3n) is 3.47. The van der Waals surface area contributed by atoms with E-state index in [4.69, 9.17) is 14.2 Å². The molecule has 0 saturated heterocycles. The van der Waals surface area contributed by atoms with Gasteiger partial charge in [-0.2, -0.15) is 0 Å². The van der Waals surface area contributed by atoms with Crippen LogP contribution in [0.3, 0.4) is 0 Å². The minimum absolute atomic E-state index is 0.0528. The average Bonchev–Trinajstić information content (AvgIpc) is 2.56. The Morgan fingerprint density at radius 1 is 1.12 bits per heavy atom. The quantitative estimate of drug-likeness (QED) is 0.665. The SMILES string of the molecule is CCCS(=O)(=O)NCCN(C(C)=O)c1cc(OC)c(OC)c(OC)c1. The van der Waals surface area contributed by atoms with E-state index in [1.165, 1.54) is 33.2 Å². The topological polar surface area (TPSA) is 94.2 Å². The maximum atomic E-state index is 12.0. The van der Waals surface area contributed by atoms with Crippen LogP contribution in [0.4, 0.5) is 5.69 Å². The van der Waals surface area contributed by atoms with Crippen LogP contribution >= 0.6 is 0 Å². The van der Waals surface area contributed by atoms with E-state index in [-0.39, 0.29) is 24.7 Å². The van der Waals surface area contributed by atoms with E-state index in [9.17, 15) is 13.2 Å². The van der Waals surface area contributed by atoms with E-state index in [2.05, 4.69) is 4.72 Å². The number of rotatable bonds is 10. The zero-order chi connectivity index (χ0) is 19.0. The maximum Gasteiger partial charge on any atom is 0.223 e. The van der Waals surface area contributed by atoms with Crippen LogP contribution in [0.5, 0.6) is 17.2 Å². The van der Waals surface area contributed by atoms with Crippen LogP contribution in [0.1, 0.15) is 20.3 Å². The molecule has 0 bridgehead atoms. The fourth-order valence-electron chi connectivity index (χ4n) is 2.35. The van der Waals surface area contributed by atoms with E-state index in [1.54, 1.807) is 19.1 Å². The first-order chi connectivity index (χ1) is 11.8. The molecule has 0 radical (unpaired) electrons. The van der Waals surface area contributed by atoms with Gasteiger partial charge in [-0.15, -0.1) is 0 Å². The number of amides is 1. The molecule has 0 aliphatic rings. The van der Waals surface area contributed by atoms with Gasteiger partial charge in [0, 0.05) is 32.1 Å². The van der Waals surface area contributed by atoms with Crippen LogP contribution in [0.2, 0.25) is 0 Å². The molecule has 1 aromatic rings. The minimum Gasteiger partial charge on any atom is -0.493 e. The summed E-state index contributed by atoms with van der Waals surface area (Å²) in [5.74, 6) is 1.06. The number of carbonyl (C=O) groups excluding carboxylic acids is 1. The Hall–Kier alpha value is -2.00. The monoisotopic (exact) mass is 374 g/mol. The number of nitrogens with one attached hydrogen (secondary N) is 1. The van der Waals surface area contributed by atoms with Crippen LogP contribution in [-0.2, 0) is 14.8 Å². The third kappa shape index (κ3) is 5.79. The standard InChI is InChI=1S/C16H26N2O6S/c1-6-9-25(20,21)17-7-8-18(12(2)19)13-10-14(22-3)16(24-5)15(11-13)23-4/h10-11,17H,6-9H2,1-5H3. The van der Waals surface area contributed by atoms with E-state index < -0.39 is 10.0 Å². The number of benzene rings is 1. The lowest BCUT2D eigenvalue weighted by molar-refractivity contribution is -0.116. The molecule has 0 unspecified atom stereocenters. The summed E-state index contributed by atoms with van der Waals surface area (Å²) in [6.07, 6.45) is 0.526. The lowest BCUT2D eigenvalue weighted by Crippen LogP contribution is -2.38. The number of ether oxygens (including phenoxy) is 3. The van der Waals surface area contributed by atoms with Crippen molar-refractivity contribution in [2.75, 3.05) is 45.1 Å². The Kier molecular flexibility index (Phi) is 7.98. The molecule has 142 valence electrons. The van der Waals surface area contributed by atoms with Crippen molar-refractivity contribution >= 4 is 21.6 Å². The summed E-state index contributed by atoms with van der Waals surface area (Å²) in [5, 5.41) is 0. The second-order valence-electron chi connectivity index (χ2n) is 5.27. The van der Waals surface area contributed by atoms with Gasteiger partial charge in [0.15, 0.2) is 11.5 Å². The zero-order valence-corrected chi connectivity index (χ0v) is 16.1. The first kappa shape index (κ1) is 21.0. The number of carbonyl (C=O) groups is 1. The van der Waals surface area contributed by atoms with Crippen molar-refractivity contribution in [3.8, 4) is 17.2 Å². The van der Waals surface area contributed by atoms with Crippen LogP contribution in [0.25, 0.3) is 0 Å². The van der Waals surface area contributed by atoms with Crippen LogP contribution < -0.4 is 23.8 Å². The highest BCUT2D eigenvalue weighted by Crippen LogP contribution is 2.41. The van der Waals surface area contributed by atoms with Crippen LogP contribution in [0.15, 0.2) is 12.1 Å². The van der Waals surface area contributed by atoms with Crippen molar-refractivity contribution in [2.24, 2.45) is 0 Å². The molecule has 0 heterocycles. The second kappa shape index (κ2) is 9.47. The number of hydrogen-bond donors (Lipinski definition) is 1. The lowest BCUT2D eigenvalue weighted by Gasteiger charge is -2.23. The fourth-order valence-corrected chi connectivity index (χ4v) is 3.43. The van der Waals surface area contributed by atoms with Gasteiger partial charge in [-0.1, -0.05) is 6.92 Å². The molecular weight excluding hydrogens is 348 g/mol. The van der Waals surface area contributed by atoms with Gasteiger partial charge < -0.3 is 19.1 Å². The van der Waals surface area contributed by atoms with Crippen molar-refractivity contribution in [1.82, 2.24) is 4.72 Å². The lowest BCUT2D eigenvalue weighted by atomic mass is 10.2. The van der Waals surface area contributed by atoms with Crippen molar-refractivity contribution < 1.29 is 27.4 Å². The Labute approximate surface area is 149 Å². The first-order valence-electron chi connectivity index (χ1n) is 7.85. The molecule has 1 aromatic carbocycles. The molecule has 0 aliphatic carbocycles. The molecule has 1 N–H and O–H groups in total. The van der Waals surface area contributed by atoms with Gasteiger partial charge in [-0.25, -0.2) is 13.1 Å². The highest BCUT2D eigenvalue weighted by atomic mass is 32.2. The predicted octanol–water partition coefficient (Wildman–Crippen LogP) is 1.39. The molecule has 0 aromatic heterocycles. The van der Waals surface area contributed by atoms with Gasteiger partial charge in [0.25, 0.3) is 0 Å². The molecule has 0 spiro atoms. The van der Waals surface area contributed by atoms with Crippen molar-refractivity contribution in [2.45, 2.75) is 20.3 Å². The van der Waals surface area contributed by atoms with Crippen molar-refractivity contribution in [1.29, 1.82) is 0 Å². The number of hydrogen-bond acceptors (Lipinski definition) is 6. The molecular formula is C16H26N2O6S. The molecule has 0 fully saturated rings. The van der Waals surface area contributed by atoms with Gasteiger partial charge in [0.2, 0.25) is 21.7 Å². The average molecular weight is 374 g/mol. The Balaban J connectivity index is 3.05. The van der Waals surface area contributed by atoms with Crippen molar-refractivity contribution in [3.05, 3.63) is 12.1 Å². The molecule has 25 heavy (non-hydrogen) atoms. The number of methoxy groups -OCH3 is 3. The highest BCUT2D eigenvalue weighted by molar-refractivity contribution is 7.89. The van der Waals surface area contributed by atoms with E-state index >= 15 is 0 Å². The number of nitrogens with zero attached hydrogens (tertiary/aromatic N) is 1. The summed E-state index contributed by atoms with van der Waals surface area (Å²) in [4.78, 5) is 13.5. The van der Waals surface area contributed by atoms with E-state index in [0.717, 1.165) is 0 Å². The fraction of sp³-hybridized carbons (Fsp3) is 0.562. The Morgan fingerprint density at radius 2 is 1.68 bits per heavy atom. The summed E-state index contributed by atoms with van der Waals surface area (Å²) < 4.78 is 41.8. The largest absolute Gasteiger partial charge is 0.493 e. The summed E-state index contributed by atoms with van der Waals surface area (Å²) in [6, 6.07) is 3.28.